The summed E-state index contributed by atoms with van der Waals surface area (Å²) in [6.07, 6.45) is 0. The molecule has 1 amide bonds. The summed E-state index contributed by atoms with van der Waals surface area (Å²) < 4.78 is 5.34. The van der Waals surface area contributed by atoms with Gasteiger partial charge in [-0.1, -0.05) is 13.8 Å². The number of nitrogens with one attached hydrogen (secondary N) is 1. The molecule has 3 N–H and O–H groups in total. The molecule has 0 saturated carbocycles. The Balaban J connectivity index is 2.43. The van der Waals surface area contributed by atoms with Gasteiger partial charge in [-0.15, -0.1) is 0 Å². The van der Waals surface area contributed by atoms with E-state index in [2.05, 4.69) is 24.1 Å². The van der Waals surface area contributed by atoms with Crippen LogP contribution in [0, 0.1) is 5.92 Å². The summed E-state index contributed by atoms with van der Waals surface area (Å²) in [6.45, 7) is 12.2. The monoisotopic (exact) mass is 257 g/mol. The second-order valence-electron chi connectivity index (χ2n) is 5.90. The fraction of sp³-hybridized carbons (Fsp3) is 0.923. The summed E-state index contributed by atoms with van der Waals surface area (Å²) in [5, 5.41) is 2.95. The first-order chi connectivity index (χ1) is 8.34. The molecule has 0 aromatic rings. The van der Waals surface area contributed by atoms with Crippen LogP contribution in [0.1, 0.15) is 27.7 Å². The molecular weight excluding hydrogens is 230 g/mol. The van der Waals surface area contributed by atoms with Crippen LogP contribution in [0.2, 0.25) is 0 Å². The Morgan fingerprint density at radius 2 is 1.94 bits per heavy atom. The molecule has 0 aromatic heterocycles. The molecule has 1 heterocycles. The van der Waals surface area contributed by atoms with Crippen LogP contribution in [0.4, 0.5) is 0 Å². The highest BCUT2D eigenvalue weighted by Gasteiger charge is 2.29. The smallest absolute Gasteiger partial charge is 0.237 e. The van der Waals surface area contributed by atoms with Crippen LogP contribution in [0.15, 0.2) is 0 Å². The lowest BCUT2D eigenvalue weighted by Gasteiger charge is -2.41. The lowest BCUT2D eigenvalue weighted by molar-refractivity contribution is -0.124. The Bertz CT molecular complexity index is 273. The molecule has 1 fully saturated rings. The van der Waals surface area contributed by atoms with Crippen LogP contribution in [0.5, 0.6) is 0 Å². The van der Waals surface area contributed by atoms with Gasteiger partial charge >= 0.3 is 0 Å². The summed E-state index contributed by atoms with van der Waals surface area (Å²) in [5.41, 5.74) is 5.76. The van der Waals surface area contributed by atoms with Crippen molar-refractivity contribution in [2.24, 2.45) is 11.7 Å². The van der Waals surface area contributed by atoms with Gasteiger partial charge in [0.05, 0.1) is 19.3 Å². The number of amides is 1. The molecule has 1 atom stereocenters. The first-order valence-corrected chi connectivity index (χ1v) is 6.70. The third-order valence-corrected chi connectivity index (χ3v) is 3.58. The Morgan fingerprint density at radius 3 is 2.44 bits per heavy atom. The summed E-state index contributed by atoms with van der Waals surface area (Å²) in [7, 11) is 0. The molecule has 0 bridgehead atoms. The number of nitrogens with zero attached hydrogens (tertiary/aromatic N) is 1. The van der Waals surface area contributed by atoms with Crippen LogP contribution >= 0.6 is 0 Å². The van der Waals surface area contributed by atoms with E-state index in [1.54, 1.807) is 0 Å². The molecule has 0 spiro atoms. The summed E-state index contributed by atoms with van der Waals surface area (Å²) >= 11 is 0. The third kappa shape index (κ3) is 4.23. The minimum absolute atomic E-state index is 0.0594. The van der Waals surface area contributed by atoms with Gasteiger partial charge < -0.3 is 15.8 Å². The minimum atomic E-state index is -0.425. The molecular formula is C13H27N3O2. The molecule has 0 radical (unpaired) electrons. The minimum Gasteiger partial charge on any atom is -0.379 e. The molecule has 0 aromatic carbocycles. The largest absolute Gasteiger partial charge is 0.379 e. The highest BCUT2D eigenvalue weighted by Crippen LogP contribution is 2.15. The van der Waals surface area contributed by atoms with Crippen molar-refractivity contribution in [1.29, 1.82) is 0 Å². The average Bonchev–Trinajstić information content (AvgIpc) is 2.36. The molecule has 0 aliphatic carbocycles. The quantitative estimate of drug-likeness (QED) is 0.738. The predicted octanol–water partition coefficient (Wildman–Crippen LogP) is 0.197. The number of ether oxygens (including phenoxy) is 1. The van der Waals surface area contributed by atoms with Crippen molar-refractivity contribution in [3.05, 3.63) is 0 Å². The highest BCUT2D eigenvalue weighted by molar-refractivity contribution is 5.81. The number of hydrogen-bond acceptors (Lipinski definition) is 4. The van der Waals surface area contributed by atoms with Crippen molar-refractivity contribution >= 4 is 5.91 Å². The molecule has 18 heavy (non-hydrogen) atoms. The van der Waals surface area contributed by atoms with Gasteiger partial charge in [-0.25, -0.2) is 0 Å². The van der Waals surface area contributed by atoms with E-state index in [9.17, 15) is 4.79 Å². The highest BCUT2D eigenvalue weighted by atomic mass is 16.5. The molecule has 106 valence electrons. The van der Waals surface area contributed by atoms with Gasteiger partial charge in [0.25, 0.3) is 0 Å². The number of morpholine rings is 1. The maximum absolute atomic E-state index is 11.8. The van der Waals surface area contributed by atoms with Crippen molar-refractivity contribution < 1.29 is 9.53 Å². The molecule has 1 aliphatic heterocycles. The lowest BCUT2D eigenvalue weighted by atomic mass is 10.0. The maximum Gasteiger partial charge on any atom is 0.237 e. The van der Waals surface area contributed by atoms with Gasteiger partial charge in [-0.2, -0.15) is 0 Å². The fourth-order valence-electron chi connectivity index (χ4n) is 2.00. The van der Waals surface area contributed by atoms with Crippen LogP contribution in [0.25, 0.3) is 0 Å². The zero-order valence-corrected chi connectivity index (χ0v) is 12.0. The van der Waals surface area contributed by atoms with Gasteiger partial charge in [0, 0.05) is 25.2 Å². The number of rotatable bonds is 5. The van der Waals surface area contributed by atoms with Gasteiger partial charge in [0.2, 0.25) is 5.91 Å². The molecule has 1 saturated heterocycles. The molecule has 1 rings (SSSR count). The van der Waals surface area contributed by atoms with Gasteiger partial charge in [0.1, 0.15) is 0 Å². The number of nitrogens with two attached hydrogens (primary N) is 1. The normalized spacial score (nSPS) is 19.9. The molecule has 5 heteroatoms. The SMILES string of the molecule is CC(C)[C@H](N)C(=O)NCC(C)(C)N1CCOCC1. The summed E-state index contributed by atoms with van der Waals surface area (Å²) in [6, 6.07) is -0.425. The van der Waals surface area contributed by atoms with E-state index in [1.165, 1.54) is 0 Å². The first kappa shape index (κ1) is 15.4. The topological polar surface area (TPSA) is 67.6 Å². The van der Waals surface area contributed by atoms with E-state index in [0.29, 0.717) is 6.54 Å². The first-order valence-electron chi connectivity index (χ1n) is 6.70. The molecule has 5 nitrogen and oxygen atoms in total. The van der Waals surface area contributed by atoms with Crippen LogP contribution in [-0.4, -0.2) is 55.2 Å². The van der Waals surface area contributed by atoms with E-state index >= 15 is 0 Å². The van der Waals surface area contributed by atoms with Gasteiger partial charge in [-0.3, -0.25) is 9.69 Å². The Morgan fingerprint density at radius 1 is 1.39 bits per heavy atom. The van der Waals surface area contributed by atoms with Crippen molar-refractivity contribution in [2.45, 2.75) is 39.3 Å². The van der Waals surface area contributed by atoms with Crippen molar-refractivity contribution in [3.8, 4) is 0 Å². The average molecular weight is 257 g/mol. The molecule has 0 unspecified atom stereocenters. The zero-order valence-electron chi connectivity index (χ0n) is 12.0. The zero-order chi connectivity index (χ0) is 13.8. The Hall–Kier alpha value is -0.650. The van der Waals surface area contributed by atoms with E-state index in [0.717, 1.165) is 26.3 Å². The Kier molecular flexibility index (Phi) is 5.56. The summed E-state index contributed by atoms with van der Waals surface area (Å²) in [5.74, 6) is 0.0998. The lowest BCUT2D eigenvalue weighted by Crippen LogP contribution is -2.57. The fourth-order valence-corrected chi connectivity index (χ4v) is 2.00. The number of carbonyl (C=O) groups excluding carboxylic acids is 1. The van der Waals surface area contributed by atoms with Gasteiger partial charge in [-0.05, 0) is 19.8 Å². The molecule has 1 aliphatic rings. The number of carbonyl (C=O) groups is 1. The van der Waals surface area contributed by atoms with Gasteiger partial charge in [0.15, 0.2) is 0 Å². The summed E-state index contributed by atoms with van der Waals surface area (Å²) in [4.78, 5) is 14.2. The predicted molar refractivity (Wildman–Crippen MR) is 72.3 cm³/mol. The second-order valence-corrected chi connectivity index (χ2v) is 5.90. The van der Waals surface area contributed by atoms with E-state index in [-0.39, 0.29) is 17.4 Å². The second kappa shape index (κ2) is 6.50. The van der Waals surface area contributed by atoms with Crippen molar-refractivity contribution in [1.82, 2.24) is 10.2 Å². The van der Waals surface area contributed by atoms with Crippen LogP contribution < -0.4 is 11.1 Å². The van der Waals surface area contributed by atoms with E-state index in [1.807, 2.05) is 13.8 Å². The van der Waals surface area contributed by atoms with Crippen LogP contribution in [0.3, 0.4) is 0 Å². The maximum atomic E-state index is 11.8. The van der Waals surface area contributed by atoms with Crippen LogP contribution in [-0.2, 0) is 9.53 Å². The van der Waals surface area contributed by atoms with E-state index < -0.39 is 6.04 Å². The van der Waals surface area contributed by atoms with Crippen molar-refractivity contribution in [2.75, 3.05) is 32.8 Å². The number of hydrogen-bond donors (Lipinski definition) is 2. The standard InChI is InChI=1S/C13H27N3O2/c1-10(2)11(14)12(17)15-9-13(3,4)16-5-7-18-8-6-16/h10-11H,5-9,14H2,1-4H3,(H,15,17)/t11-/m0/s1. The third-order valence-electron chi connectivity index (χ3n) is 3.58. The van der Waals surface area contributed by atoms with E-state index in [4.69, 9.17) is 10.5 Å². The van der Waals surface area contributed by atoms with Crippen molar-refractivity contribution in [3.63, 3.8) is 0 Å². The Labute approximate surface area is 110 Å².